The number of nitriles is 1. The third kappa shape index (κ3) is 6.19. The van der Waals surface area contributed by atoms with E-state index in [1.807, 2.05) is 18.2 Å². The molecule has 0 saturated carbocycles. The van der Waals surface area contributed by atoms with Gasteiger partial charge in [0.15, 0.2) is 0 Å². The van der Waals surface area contributed by atoms with Crippen molar-refractivity contribution in [2.45, 2.75) is 40.5 Å². The van der Waals surface area contributed by atoms with Crippen molar-refractivity contribution in [3.05, 3.63) is 126 Å². The summed E-state index contributed by atoms with van der Waals surface area (Å²) in [5.41, 5.74) is 7.39. The third-order valence-electron chi connectivity index (χ3n) is 6.79. The average molecular weight is 485 g/mol. The lowest BCUT2D eigenvalue weighted by Gasteiger charge is -2.34. The van der Waals surface area contributed by atoms with E-state index >= 15 is 0 Å². The average Bonchev–Trinajstić information content (AvgIpc) is 2.89. The van der Waals surface area contributed by atoms with Gasteiger partial charge >= 0.3 is 0 Å². The van der Waals surface area contributed by atoms with Crippen molar-refractivity contribution in [2.24, 2.45) is 11.3 Å². The maximum absolute atomic E-state index is 9.95. The number of para-hydroxylation sites is 2. The van der Waals surface area contributed by atoms with E-state index in [4.69, 9.17) is 0 Å². The molecular formula is C35H36N2. The number of allylic oxidation sites excluding steroid dienone is 1. The van der Waals surface area contributed by atoms with Crippen LogP contribution in [0.15, 0.2) is 109 Å². The lowest BCUT2D eigenvalue weighted by molar-refractivity contribution is 0.258. The van der Waals surface area contributed by atoms with Gasteiger partial charge in [-0.15, -0.1) is 0 Å². The molecule has 1 unspecified atom stereocenters. The molecule has 186 valence electrons. The van der Waals surface area contributed by atoms with Gasteiger partial charge in [-0.3, -0.25) is 0 Å². The molecule has 0 aromatic heterocycles. The number of rotatable bonds is 7. The summed E-state index contributed by atoms with van der Waals surface area (Å²) in [7, 11) is 0. The van der Waals surface area contributed by atoms with Crippen molar-refractivity contribution in [3.63, 3.8) is 0 Å². The first-order chi connectivity index (χ1) is 17.8. The topological polar surface area (TPSA) is 27.0 Å². The zero-order valence-electron chi connectivity index (χ0n) is 22.5. The SMILES string of the molecule is CC(C)C(c1ccc(/C(C#N)=C/c2ccc(N(c3ccccc3)c3ccccc3)cc2)cc1)C(C)(C)C. The van der Waals surface area contributed by atoms with Gasteiger partial charge in [0.25, 0.3) is 0 Å². The van der Waals surface area contributed by atoms with Gasteiger partial charge in [-0.05, 0) is 76.4 Å². The highest BCUT2D eigenvalue weighted by Crippen LogP contribution is 2.41. The Kier molecular flexibility index (Phi) is 7.95. The minimum atomic E-state index is 0.179. The van der Waals surface area contributed by atoms with Crippen molar-refractivity contribution in [1.29, 1.82) is 5.26 Å². The Hall–Kier alpha value is -4.09. The first-order valence-corrected chi connectivity index (χ1v) is 13.0. The van der Waals surface area contributed by atoms with Crippen LogP contribution in [0.2, 0.25) is 0 Å². The van der Waals surface area contributed by atoms with Crippen LogP contribution in [0.5, 0.6) is 0 Å². The lowest BCUT2D eigenvalue weighted by Crippen LogP contribution is -2.23. The number of hydrogen-bond donors (Lipinski definition) is 0. The molecule has 0 aliphatic carbocycles. The standard InChI is InChI=1S/C35H36N2/c1-26(2)34(35(3,4)5)29-20-18-28(19-21-29)30(25-36)24-27-16-22-33(23-17-27)37(31-12-8-6-9-13-31)32-14-10-7-11-15-32/h6-24,26,34H,1-5H3/b30-24+. The first-order valence-electron chi connectivity index (χ1n) is 13.0. The van der Waals surface area contributed by atoms with Crippen LogP contribution in [0.1, 0.15) is 57.2 Å². The molecule has 0 radical (unpaired) electrons. The van der Waals surface area contributed by atoms with E-state index in [2.05, 4.69) is 143 Å². The van der Waals surface area contributed by atoms with Crippen LogP contribution in [-0.4, -0.2) is 0 Å². The highest BCUT2D eigenvalue weighted by molar-refractivity contribution is 5.90. The van der Waals surface area contributed by atoms with E-state index in [1.165, 1.54) is 5.56 Å². The van der Waals surface area contributed by atoms with E-state index in [0.29, 0.717) is 17.4 Å². The Morgan fingerprint density at radius 1 is 0.703 bits per heavy atom. The molecule has 0 amide bonds. The van der Waals surface area contributed by atoms with Gasteiger partial charge in [0.1, 0.15) is 0 Å². The normalized spacial score (nSPS) is 12.7. The molecule has 4 rings (SSSR count). The predicted octanol–water partition coefficient (Wildman–Crippen LogP) is 10.0. The molecule has 4 aromatic rings. The van der Waals surface area contributed by atoms with Crippen molar-refractivity contribution >= 4 is 28.7 Å². The Bertz CT molecular complexity index is 1310. The monoisotopic (exact) mass is 484 g/mol. The fourth-order valence-corrected chi connectivity index (χ4v) is 5.42. The van der Waals surface area contributed by atoms with E-state index in [0.717, 1.165) is 28.2 Å². The second-order valence-electron chi connectivity index (χ2n) is 11.0. The number of anilines is 3. The van der Waals surface area contributed by atoms with Crippen LogP contribution < -0.4 is 4.90 Å². The van der Waals surface area contributed by atoms with Gasteiger partial charge in [-0.2, -0.15) is 5.26 Å². The van der Waals surface area contributed by atoms with Crippen LogP contribution in [0.4, 0.5) is 17.1 Å². The quantitative estimate of drug-likeness (QED) is 0.193. The van der Waals surface area contributed by atoms with Crippen LogP contribution >= 0.6 is 0 Å². The van der Waals surface area contributed by atoms with Crippen molar-refractivity contribution in [2.75, 3.05) is 4.90 Å². The summed E-state index contributed by atoms with van der Waals surface area (Å²) < 4.78 is 0. The molecule has 4 aromatic carbocycles. The maximum Gasteiger partial charge on any atom is 0.0998 e. The number of nitrogens with zero attached hydrogens (tertiary/aromatic N) is 2. The van der Waals surface area contributed by atoms with Crippen LogP contribution in [-0.2, 0) is 0 Å². The minimum absolute atomic E-state index is 0.179. The fourth-order valence-electron chi connectivity index (χ4n) is 5.42. The zero-order chi connectivity index (χ0) is 26.4. The predicted molar refractivity (Wildman–Crippen MR) is 158 cm³/mol. The van der Waals surface area contributed by atoms with E-state index in [1.54, 1.807) is 0 Å². The molecule has 0 aliphatic heterocycles. The van der Waals surface area contributed by atoms with E-state index in [-0.39, 0.29) is 5.41 Å². The van der Waals surface area contributed by atoms with E-state index < -0.39 is 0 Å². The van der Waals surface area contributed by atoms with Gasteiger partial charge in [-0.1, -0.05) is 107 Å². The summed E-state index contributed by atoms with van der Waals surface area (Å²) in [6.07, 6.45) is 1.97. The van der Waals surface area contributed by atoms with Gasteiger partial charge in [0.2, 0.25) is 0 Å². The Morgan fingerprint density at radius 3 is 1.62 bits per heavy atom. The molecule has 0 aliphatic rings. The molecule has 0 N–H and O–H groups in total. The number of hydrogen-bond acceptors (Lipinski definition) is 2. The first kappa shape index (κ1) is 26.0. The summed E-state index contributed by atoms with van der Waals surface area (Å²) in [6, 6.07) is 40.1. The highest BCUT2D eigenvalue weighted by Gasteiger charge is 2.28. The summed E-state index contributed by atoms with van der Waals surface area (Å²) in [4.78, 5) is 2.23. The summed E-state index contributed by atoms with van der Waals surface area (Å²) in [5.74, 6) is 1.00. The second kappa shape index (κ2) is 11.3. The lowest BCUT2D eigenvalue weighted by atomic mass is 9.70. The third-order valence-corrected chi connectivity index (χ3v) is 6.79. The zero-order valence-corrected chi connectivity index (χ0v) is 22.5. The van der Waals surface area contributed by atoms with Crippen molar-refractivity contribution in [3.8, 4) is 6.07 Å². The highest BCUT2D eigenvalue weighted by atomic mass is 15.1. The second-order valence-corrected chi connectivity index (χ2v) is 11.0. The van der Waals surface area contributed by atoms with Crippen LogP contribution in [0.25, 0.3) is 11.6 Å². The van der Waals surface area contributed by atoms with Crippen molar-refractivity contribution < 1.29 is 0 Å². The Balaban J connectivity index is 1.62. The molecule has 2 heteroatoms. The van der Waals surface area contributed by atoms with Gasteiger partial charge < -0.3 is 4.90 Å². The summed E-state index contributed by atoms with van der Waals surface area (Å²) in [5, 5.41) is 9.95. The molecule has 1 atom stereocenters. The van der Waals surface area contributed by atoms with Gasteiger partial charge in [0, 0.05) is 17.1 Å². The molecule has 0 spiro atoms. The molecule has 37 heavy (non-hydrogen) atoms. The largest absolute Gasteiger partial charge is 0.311 e. The summed E-state index contributed by atoms with van der Waals surface area (Å²) in [6.45, 7) is 11.5. The molecule has 0 heterocycles. The van der Waals surface area contributed by atoms with Gasteiger partial charge in [0.05, 0.1) is 11.6 Å². The Labute approximate surface area is 222 Å². The van der Waals surface area contributed by atoms with Crippen LogP contribution in [0.3, 0.4) is 0 Å². The van der Waals surface area contributed by atoms with Gasteiger partial charge in [-0.25, -0.2) is 0 Å². The summed E-state index contributed by atoms with van der Waals surface area (Å²) >= 11 is 0. The van der Waals surface area contributed by atoms with Crippen molar-refractivity contribution in [1.82, 2.24) is 0 Å². The fraction of sp³-hybridized carbons (Fsp3) is 0.229. The molecule has 0 fully saturated rings. The van der Waals surface area contributed by atoms with Crippen LogP contribution in [0, 0.1) is 22.7 Å². The molecule has 0 bridgehead atoms. The molecule has 2 nitrogen and oxygen atoms in total. The van der Waals surface area contributed by atoms with E-state index in [9.17, 15) is 5.26 Å². The smallest absolute Gasteiger partial charge is 0.0998 e. The maximum atomic E-state index is 9.95. The Morgan fingerprint density at radius 2 is 1.19 bits per heavy atom. The molecular weight excluding hydrogens is 448 g/mol. The molecule has 0 saturated heterocycles. The number of benzene rings is 4. The minimum Gasteiger partial charge on any atom is -0.311 e.